The molecule has 0 unspecified atom stereocenters. The van der Waals surface area contributed by atoms with Gasteiger partial charge < -0.3 is 5.73 Å². The van der Waals surface area contributed by atoms with Crippen molar-refractivity contribution in [3.63, 3.8) is 0 Å². The minimum Gasteiger partial charge on any atom is -0.399 e. The quantitative estimate of drug-likeness (QED) is 0.807. The number of anilines is 1. The minimum atomic E-state index is 0.243. The molecule has 0 spiro atoms. The molecule has 0 bridgehead atoms. The fourth-order valence-electron chi connectivity index (χ4n) is 1.95. The van der Waals surface area contributed by atoms with Crippen LogP contribution in [0.3, 0.4) is 0 Å². The van der Waals surface area contributed by atoms with Gasteiger partial charge in [-0.3, -0.25) is 9.48 Å². The van der Waals surface area contributed by atoms with E-state index in [0.29, 0.717) is 12.8 Å². The van der Waals surface area contributed by atoms with Crippen LogP contribution in [0.1, 0.15) is 24.5 Å². The Balaban J connectivity index is 1.82. The van der Waals surface area contributed by atoms with E-state index in [9.17, 15) is 4.79 Å². The molecule has 0 saturated carbocycles. The Kier molecular flexibility index (Phi) is 4.34. The molecule has 0 atom stereocenters. The van der Waals surface area contributed by atoms with Gasteiger partial charge in [0.05, 0.1) is 6.20 Å². The molecule has 0 radical (unpaired) electrons. The van der Waals surface area contributed by atoms with Crippen molar-refractivity contribution in [1.29, 1.82) is 0 Å². The highest BCUT2D eigenvalue weighted by atomic mass is 16.1. The molecule has 0 aliphatic carbocycles. The summed E-state index contributed by atoms with van der Waals surface area (Å²) in [6.07, 6.45) is 5.49. The van der Waals surface area contributed by atoms with Gasteiger partial charge in [-0.15, -0.1) is 0 Å². The van der Waals surface area contributed by atoms with Gasteiger partial charge in [-0.2, -0.15) is 5.10 Å². The summed E-state index contributed by atoms with van der Waals surface area (Å²) < 4.78 is 1.84. The molecule has 2 N–H and O–H groups in total. The molecular formula is C15H19N3O. The van der Waals surface area contributed by atoms with Gasteiger partial charge in [0, 0.05) is 31.3 Å². The summed E-state index contributed by atoms with van der Waals surface area (Å²) in [7, 11) is 0. The molecule has 0 aliphatic rings. The van der Waals surface area contributed by atoms with Crippen LogP contribution in [0, 0.1) is 0 Å². The molecule has 1 heterocycles. The van der Waals surface area contributed by atoms with Gasteiger partial charge in [0.15, 0.2) is 0 Å². The van der Waals surface area contributed by atoms with Gasteiger partial charge in [-0.1, -0.05) is 12.1 Å². The molecule has 2 rings (SSSR count). The fourth-order valence-corrected chi connectivity index (χ4v) is 1.95. The van der Waals surface area contributed by atoms with Crippen LogP contribution in [-0.4, -0.2) is 15.6 Å². The van der Waals surface area contributed by atoms with E-state index < -0.39 is 0 Å². The Bertz CT molecular complexity index is 543. The summed E-state index contributed by atoms with van der Waals surface area (Å²) in [5.41, 5.74) is 8.51. The van der Waals surface area contributed by atoms with Crippen molar-refractivity contribution in [1.82, 2.24) is 9.78 Å². The number of Topliss-reactive ketones (excluding diaryl/α,β-unsaturated/α-hetero) is 1. The van der Waals surface area contributed by atoms with Crippen molar-refractivity contribution in [3.05, 3.63) is 47.8 Å². The van der Waals surface area contributed by atoms with E-state index in [1.54, 1.807) is 6.20 Å². The third kappa shape index (κ3) is 3.95. The molecule has 4 nitrogen and oxygen atoms in total. The van der Waals surface area contributed by atoms with E-state index in [2.05, 4.69) is 5.10 Å². The Hall–Kier alpha value is -2.10. The van der Waals surface area contributed by atoms with Crippen LogP contribution in [0.5, 0.6) is 0 Å². The number of benzene rings is 1. The van der Waals surface area contributed by atoms with Crippen molar-refractivity contribution in [2.45, 2.75) is 32.7 Å². The largest absolute Gasteiger partial charge is 0.399 e. The number of hydrogen-bond acceptors (Lipinski definition) is 3. The smallest absolute Gasteiger partial charge is 0.137 e. The molecule has 0 aliphatic heterocycles. The molecule has 1 aromatic carbocycles. The second kappa shape index (κ2) is 6.18. The second-order valence-corrected chi connectivity index (χ2v) is 4.66. The highest BCUT2D eigenvalue weighted by Gasteiger charge is 2.06. The van der Waals surface area contributed by atoms with E-state index in [-0.39, 0.29) is 5.78 Å². The summed E-state index contributed by atoms with van der Waals surface area (Å²) in [4.78, 5) is 11.9. The van der Waals surface area contributed by atoms with Crippen molar-refractivity contribution < 1.29 is 4.79 Å². The fraction of sp³-hybridized carbons (Fsp3) is 0.333. The number of aryl methyl sites for hydroxylation is 2. The Morgan fingerprint density at radius 3 is 2.63 bits per heavy atom. The van der Waals surface area contributed by atoms with Crippen molar-refractivity contribution in [2.75, 3.05) is 5.73 Å². The highest BCUT2D eigenvalue weighted by Crippen LogP contribution is 2.09. The lowest BCUT2D eigenvalue weighted by Gasteiger charge is -2.01. The number of carbonyl (C=O) groups is 1. The van der Waals surface area contributed by atoms with E-state index in [1.807, 2.05) is 42.1 Å². The summed E-state index contributed by atoms with van der Waals surface area (Å²) >= 11 is 0. The molecular weight excluding hydrogens is 238 g/mol. The minimum absolute atomic E-state index is 0.243. The average Bonchev–Trinajstić information content (AvgIpc) is 2.86. The van der Waals surface area contributed by atoms with Gasteiger partial charge in [-0.25, -0.2) is 0 Å². The maximum Gasteiger partial charge on any atom is 0.137 e. The zero-order valence-corrected chi connectivity index (χ0v) is 11.2. The van der Waals surface area contributed by atoms with Crippen molar-refractivity contribution in [2.24, 2.45) is 0 Å². The molecule has 4 heteroatoms. The van der Waals surface area contributed by atoms with Crippen LogP contribution in [0.25, 0.3) is 0 Å². The summed E-state index contributed by atoms with van der Waals surface area (Å²) in [6.45, 7) is 2.86. The van der Waals surface area contributed by atoms with Gasteiger partial charge in [0.1, 0.15) is 5.78 Å². The van der Waals surface area contributed by atoms with Crippen molar-refractivity contribution in [3.8, 4) is 0 Å². The maximum absolute atomic E-state index is 11.9. The Labute approximate surface area is 113 Å². The number of nitrogens with zero attached hydrogens (tertiary/aromatic N) is 2. The topological polar surface area (TPSA) is 60.9 Å². The number of nitrogens with two attached hydrogens (primary N) is 1. The summed E-state index contributed by atoms with van der Waals surface area (Å²) in [5, 5.41) is 4.17. The third-order valence-electron chi connectivity index (χ3n) is 3.08. The molecule has 0 fully saturated rings. The van der Waals surface area contributed by atoms with Crippen LogP contribution in [0.4, 0.5) is 5.69 Å². The number of nitrogen functional groups attached to an aromatic ring is 1. The monoisotopic (exact) mass is 257 g/mol. The van der Waals surface area contributed by atoms with Crippen LogP contribution in [0.2, 0.25) is 0 Å². The SMILES string of the molecule is CCn1cc(CC(=O)CCc2ccc(N)cc2)cn1. The predicted octanol–water partition coefficient (Wildman–Crippen LogP) is 2.23. The summed E-state index contributed by atoms with van der Waals surface area (Å²) in [6, 6.07) is 7.67. The van der Waals surface area contributed by atoms with E-state index >= 15 is 0 Å². The van der Waals surface area contributed by atoms with E-state index in [0.717, 1.165) is 29.8 Å². The molecule has 2 aromatic rings. The number of ketones is 1. The van der Waals surface area contributed by atoms with Crippen LogP contribution < -0.4 is 5.73 Å². The molecule has 0 amide bonds. The highest BCUT2D eigenvalue weighted by molar-refractivity contribution is 5.80. The molecule has 19 heavy (non-hydrogen) atoms. The normalized spacial score (nSPS) is 10.6. The van der Waals surface area contributed by atoms with Gasteiger partial charge in [-0.05, 0) is 36.6 Å². The summed E-state index contributed by atoms with van der Waals surface area (Å²) in [5.74, 6) is 0.243. The first kappa shape index (κ1) is 13.3. The number of aromatic nitrogens is 2. The van der Waals surface area contributed by atoms with Gasteiger partial charge >= 0.3 is 0 Å². The first-order valence-electron chi connectivity index (χ1n) is 6.55. The van der Waals surface area contributed by atoms with Crippen LogP contribution >= 0.6 is 0 Å². The zero-order valence-electron chi connectivity index (χ0n) is 11.2. The Morgan fingerprint density at radius 2 is 2.00 bits per heavy atom. The lowest BCUT2D eigenvalue weighted by atomic mass is 10.0. The van der Waals surface area contributed by atoms with Crippen LogP contribution in [0.15, 0.2) is 36.7 Å². The second-order valence-electron chi connectivity index (χ2n) is 4.66. The Morgan fingerprint density at radius 1 is 1.26 bits per heavy atom. The lowest BCUT2D eigenvalue weighted by molar-refractivity contribution is -0.118. The van der Waals surface area contributed by atoms with Gasteiger partial charge in [0.25, 0.3) is 0 Å². The molecule has 1 aromatic heterocycles. The molecule has 100 valence electrons. The van der Waals surface area contributed by atoms with E-state index in [1.165, 1.54) is 0 Å². The zero-order chi connectivity index (χ0) is 13.7. The number of carbonyl (C=O) groups excluding carboxylic acids is 1. The van der Waals surface area contributed by atoms with Gasteiger partial charge in [0.2, 0.25) is 0 Å². The maximum atomic E-state index is 11.9. The number of rotatable bonds is 6. The first-order valence-corrected chi connectivity index (χ1v) is 6.55. The average molecular weight is 257 g/mol. The van der Waals surface area contributed by atoms with Crippen molar-refractivity contribution >= 4 is 11.5 Å². The first-order chi connectivity index (χ1) is 9.17. The standard InChI is InChI=1S/C15H19N3O/c1-2-18-11-13(10-17-18)9-15(19)8-5-12-3-6-14(16)7-4-12/h3-4,6-7,10-11H,2,5,8-9,16H2,1H3. The number of hydrogen-bond donors (Lipinski definition) is 1. The van der Waals surface area contributed by atoms with Crippen LogP contribution in [-0.2, 0) is 24.2 Å². The lowest BCUT2D eigenvalue weighted by Crippen LogP contribution is -2.04. The van der Waals surface area contributed by atoms with E-state index in [4.69, 9.17) is 5.73 Å². The molecule has 0 saturated heterocycles. The third-order valence-corrected chi connectivity index (χ3v) is 3.08. The predicted molar refractivity (Wildman–Crippen MR) is 75.8 cm³/mol.